The lowest BCUT2D eigenvalue weighted by atomic mass is 10.0. The first-order valence-electron chi connectivity index (χ1n) is 8.51. The molecule has 0 aromatic heterocycles. The van der Waals surface area contributed by atoms with Gasteiger partial charge in [0.15, 0.2) is 17.3 Å². The molecular weight excluding hydrogens is 346 g/mol. The number of allylic oxidation sites excluding steroid dienone is 1. The molecule has 1 heterocycles. The van der Waals surface area contributed by atoms with Gasteiger partial charge in [0.1, 0.15) is 5.75 Å². The molecule has 0 N–H and O–H groups in total. The van der Waals surface area contributed by atoms with Crippen molar-refractivity contribution in [1.82, 2.24) is 0 Å². The molecule has 0 bridgehead atoms. The van der Waals surface area contributed by atoms with Gasteiger partial charge in [0.05, 0.1) is 19.9 Å². The van der Waals surface area contributed by atoms with Crippen molar-refractivity contribution in [2.24, 2.45) is 0 Å². The molecule has 0 amide bonds. The van der Waals surface area contributed by atoms with Crippen LogP contribution in [0.15, 0.2) is 35.9 Å². The lowest BCUT2D eigenvalue weighted by Crippen LogP contribution is -2.11. The Balaban J connectivity index is 1.96. The molecule has 1 aliphatic rings. The number of rotatable bonds is 6. The van der Waals surface area contributed by atoms with Crippen molar-refractivity contribution in [2.75, 3.05) is 40.0 Å². The minimum atomic E-state index is -0.0690. The number of ether oxygens (including phenoxy) is 4. The van der Waals surface area contributed by atoms with Crippen LogP contribution in [0.4, 0.5) is 5.69 Å². The first kappa shape index (κ1) is 18.6. The van der Waals surface area contributed by atoms with Crippen LogP contribution in [-0.2, 0) is 0 Å². The summed E-state index contributed by atoms with van der Waals surface area (Å²) in [6.45, 7) is 1.95. The smallest absolute Gasteiger partial charge is 0.231 e. The largest absolute Gasteiger partial charge is 0.495 e. The molecule has 0 aliphatic carbocycles. The van der Waals surface area contributed by atoms with Crippen LogP contribution in [0, 0.1) is 0 Å². The monoisotopic (exact) mass is 369 g/mol. The highest BCUT2D eigenvalue weighted by molar-refractivity contribution is 6.11. The van der Waals surface area contributed by atoms with Crippen molar-refractivity contribution in [2.45, 2.75) is 6.92 Å². The Morgan fingerprint density at radius 3 is 2.56 bits per heavy atom. The fourth-order valence-corrected chi connectivity index (χ4v) is 2.99. The molecule has 0 radical (unpaired) electrons. The van der Waals surface area contributed by atoms with Crippen LogP contribution in [0.3, 0.4) is 0 Å². The minimum absolute atomic E-state index is 0.0690. The molecule has 0 atom stereocenters. The number of benzene rings is 2. The van der Waals surface area contributed by atoms with E-state index in [1.807, 2.05) is 37.2 Å². The van der Waals surface area contributed by atoms with E-state index in [0.717, 1.165) is 17.0 Å². The zero-order chi connectivity index (χ0) is 19.6. The number of anilines is 1. The van der Waals surface area contributed by atoms with Crippen LogP contribution in [0.2, 0.25) is 0 Å². The number of hydrogen-bond donors (Lipinski definition) is 0. The third-order valence-corrected chi connectivity index (χ3v) is 4.38. The van der Waals surface area contributed by atoms with E-state index in [9.17, 15) is 4.79 Å². The Bertz CT molecular complexity index is 902. The summed E-state index contributed by atoms with van der Waals surface area (Å²) < 4.78 is 21.7. The van der Waals surface area contributed by atoms with Crippen molar-refractivity contribution in [3.8, 4) is 23.0 Å². The van der Waals surface area contributed by atoms with Crippen LogP contribution < -0.4 is 23.8 Å². The van der Waals surface area contributed by atoms with E-state index in [1.54, 1.807) is 39.4 Å². The summed E-state index contributed by atoms with van der Waals surface area (Å²) in [5.41, 5.74) is 2.78. The van der Waals surface area contributed by atoms with Gasteiger partial charge in [-0.25, -0.2) is 0 Å². The van der Waals surface area contributed by atoms with E-state index >= 15 is 0 Å². The molecule has 0 saturated carbocycles. The first-order chi connectivity index (χ1) is 13.0. The van der Waals surface area contributed by atoms with Gasteiger partial charge in [0.25, 0.3) is 0 Å². The zero-order valence-electron chi connectivity index (χ0n) is 16.2. The molecule has 1 aliphatic heterocycles. The van der Waals surface area contributed by atoms with Crippen molar-refractivity contribution < 1.29 is 23.7 Å². The van der Waals surface area contributed by atoms with Gasteiger partial charge in [0.2, 0.25) is 12.5 Å². The summed E-state index contributed by atoms with van der Waals surface area (Å²) in [4.78, 5) is 14.8. The Morgan fingerprint density at radius 2 is 1.89 bits per heavy atom. The number of nitrogens with zero attached hydrogens (tertiary/aromatic N) is 1. The molecule has 2 aromatic rings. The second kappa shape index (κ2) is 7.61. The van der Waals surface area contributed by atoms with Gasteiger partial charge in [-0.2, -0.15) is 0 Å². The Kier molecular flexibility index (Phi) is 5.26. The Morgan fingerprint density at radius 1 is 1.11 bits per heavy atom. The van der Waals surface area contributed by atoms with E-state index < -0.39 is 0 Å². The van der Waals surface area contributed by atoms with Gasteiger partial charge < -0.3 is 23.8 Å². The van der Waals surface area contributed by atoms with E-state index in [0.29, 0.717) is 28.4 Å². The minimum Gasteiger partial charge on any atom is -0.495 e. The van der Waals surface area contributed by atoms with Crippen molar-refractivity contribution in [3.63, 3.8) is 0 Å². The van der Waals surface area contributed by atoms with E-state index in [-0.39, 0.29) is 12.6 Å². The van der Waals surface area contributed by atoms with Crippen LogP contribution in [0.1, 0.15) is 22.8 Å². The van der Waals surface area contributed by atoms with Gasteiger partial charge in [-0.1, -0.05) is 0 Å². The number of methoxy groups -OCH3 is 2. The maximum atomic E-state index is 12.9. The molecule has 3 rings (SSSR count). The lowest BCUT2D eigenvalue weighted by Gasteiger charge is -2.17. The molecule has 2 aromatic carbocycles. The summed E-state index contributed by atoms with van der Waals surface area (Å²) in [5, 5.41) is 0. The zero-order valence-corrected chi connectivity index (χ0v) is 16.2. The average Bonchev–Trinajstić information content (AvgIpc) is 3.15. The highest BCUT2D eigenvalue weighted by Gasteiger charge is 2.21. The van der Waals surface area contributed by atoms with Crippen LogP contribution in [0.5, 0.6) is 23.0 Å². The Labute approximate surface area is 158 Å². The van der Waals surface area contributed by atoms with Crippen LogP contribution in [0.25, 0.3) is 6.08 Å². The fraction of sp³-hybridized carbons (Fsp3) is 0.286. The molecule has 6 nitrogen and oxygen atoms in total. The fourth-order valence-electron chi connectivity index (χ4n) is 2.99. The number of carbonyl (C=O) groups excluding carboxylic acids is 1. The summed E-state index contributed by atoms with van der Waals surface area (Å²) in [7, 11) is 7.00. The van der Waals surface area contributed by atoms with Crippen molar-refractivity contribution in [1.29, 1.82) is 0 Å². The summed E-state index contributed by atoms with van der Waals surface area (Å²) in [6.07, 6.45) is 1.79. The van der Waals surface area contributed by atoms with E-state index in [1.165, 1.54) is 0 Å². The van der Waals surface area contributed by atoms with Crippen molar-refractivity contribution >= 4 is 17.5 Å². The molecule has 6 heteroatoms. The molecule has 27 heavy (non-hydrogen) atoms. The maximum Gasteiger partial charge on any atom is 0.231 e. The lowest BCUT2D eigenvalue weighted by molar-refractivity contribution is 0.103. The second-order valence-electron chi connectivity index (χ2n) is 6.36. The predicted molar refractivity (Wildman–Crippen MR) is 104 cm³/mol. The SMILES string of the molecule is COc1ccc(C(=O)/C(C)=C/c2ccc3c(c2OC)OCO3)cc1N(C)C. The van der Waals surface area contributed by atoms with Gasteiger partial charge in [-0.15, -0.1) is 0 Å². The highest BCUT2D eigenvalue weighted by Crippen LogP contribution is 2.43. The topological polar surface area (TPSA) is 57.2 Å². The second-order valence-corrected chi connectivity index (χ2v) is 6.36. The summed E-state index contributed by atoms with van der Waals surface area (Å²) in [5.74, 6) is 2.40. The van der Waals surface area contributed by atoms with Crippen molar-refractivity contribution in [3.05, 3.63) is 47.0 Å². The Hall–Kier alpha value is -3.15. The third kappa shape index (κ3) is 3.56. The normalized spacial score (nSPS) is 12.7. The van der Waals surface area contributed by atoms with Gasteiger partial charge >= 0.3 is 0 Å². The standard InChI is InChI=1S/C21H23NO5/c1-13(10-15-7-9-18-21(20(15)25-5)27-12-26-18)19(23)14-6-8-17(24-4)16(11-14)22(2)3/h6-11H,12H2,1-5H3/b13-10+. The van der Waals surface area contributed by atoms with Crippen LogP contribution >= 0.6 is 0 Å². The molecular formula is C21H23NO5. The summed E-state index contributed by atoms with van der Waals surface area (Å²) in [6, 6.07) is 9.06. The molecule has 0 unspecified atom stereocenters. The first-order valence-corrected chi connectivity index (χ1v) is 8.51. The van der Waals surface area contributed by atoms with Gasteiger partial charge in [-0.05, 0) is 48.9 Å². The molecule has 142 valence electrons. The van der Waals surface area contributed by atoms with E-state index in [4.69, 9.17) is 18.9 Å². The third-order valence-electron chi connectivity index (χ3n) is 4.38. The number of ketones is 1. The van der Waals surface area contributed by atoms with Gasteiger partial charge in [-0.3, -0.25) is 4.79 Å². The number of Topliss-reactive ketones (excluding diaryl/α,β-unsaturated/α-hetero) is 1. The predicted octanol–water partition coefficient (Wildman–Crippen LogP) is 3.78. The summed E-state index contributed by atoms with van der Waals surface area (Å²) >= 11 is 0. The van der Waals surface area contributed by atoms with Crippen LogP contribution in [-0.4, -0.2) is 40.9 Å². The highest BCUT2D eigenvalue weighted by atomic mass is 16.7. The number of fused-ring (bicyclic) bond motifs is 1. The molecule has 0 fully saturated rings. The quantitative estimate of drug-likeness (QED) is 0.570. The van der Waals surface area contributed by atoms with Gasteiger partial charge in [0, 0.05) is 25.2 Å². The number of carbonyl (C=O) groups is 1. The maximum absolute atomic E-state index is 12.9. The number of hydrogen-bond acceptors (Lipinski definition) is 6. The average molecular weight is 369 g/mol. The molecule has 0 saturated heterocycles. The van der Waals surface area contributed by atoms with E-state index in [2.05, 4.69) is 0 Å². The molecule has 0 spiro atoms.